The van der Waals surface area contributed by atoms with Crippen molar-refractivity contribution in [3.63, 3.8) is 0 Å². The van der Waals surface area contributed by atoms with Crippen LogP contribution in [-0.4, -0.2) is 25.7 Å². The average Bonchev–Trinajstić information content (AvgIpc) is 2.25. The number of aliphatic hydroxyl groups is 1. The highest BCUT2D eigenvalue weighted by Crippen LogP contribution is 2.18. The minimum atomic E-state index is -3.59. The minimum absolute atomic E-state index is 0.0000265. The van der Waals surface area contributed by atoms with E-state index in [1.54, 1.807) is 19.1 Å². The average molecular weight is 350 g/mol. The van der Waals surface area contributed by atoms with E-state index in [0.717, 1.165) is 0 Å². The van der Waals surface area contributed by atoms with E-state index in [2.05, 4.69) is 20.7 Å². The minimum Gasteiger partial charge on any atom is -0.389 e. The van der Waals surface area contributed by atoms with E-state index in [1.807, 2.05) is 13.8 Å². The summed E-state index contributed by atoms with van der Waals surface area (Å²) in [4.78, 5) is 0.183. The quantitative estimate of drug-likeness (QED) is 0.829. The number of benzene rings is 1. The molecular formula is C13H20BrNO3S. The Balaban J connectivity index is 2.76. The van der Waals surface area contributed by atoms with Gasteiger partial charge in [0.2, 0.25) is 10.0 Å². The van der Waals surface area contributed by atoms with Crippen molar-refractivity contribution in [3.8, 4) is 0 Å². The Morgan fingerprint density at radius 3 is 2.58 bits per heavy atom. The van der Waals surface area contributed by atoms with Crippen molar-refractivity contribution in [1.29, 1.82) is 0 Å². The fraction of sp³-hybridized carbons (Fsp3) is 0.538. The second-order valence-corrected chi connectivity index (χ2v) is 8.06. The van der Waals surface area contributed by atoms with Crippen LogP contribution in [0.5, 0.6) is 0 Å². The predicted octanol–water partition coefficient (Wildman–Crippen LogP) is 2.52. The van der Waals surface area contributed by atoms with Crippen LogP contribution in [0.1, 0.15) is 27.2 Å². The van der Waals surface area contributed by atoms with Crippen molar-refractivity contribution in [1.82, 2.24) is 4.72 Å². The first-order valence-corrected chi connectivity index (χ1v) is 8.38. The molecule has 1 aromatic carbocycles. The summed E-state index contributed by atoms with van der Waals surface area (Å²) < 4.78 is 27.3. The molecule has 0 fully saturated rings. The second-order valence-electron chi connectivity index (χ2n) is 5.38. The molecule has 0 radical (unpaired) electrons. The smallest absolute Gasteiger partial charge is 0.240 e. The lowest BCUT2D eigenvalue weighted by Gasteiger charge is -2.25. The number of hydrogen-bond donors (Lipinski definition) is 2. The third-order valence-electron chi connectivity index (χ3n) is 2.60. The molecule has 0 aliphatic carbocycles. The third-order valence-corrected chi connectivity index (χ3v) is 4.49. The molecule has 4 nitrogen and oxygen atoms in total. The summed E-state index contributed by atoms with van der Waals surface area (Å²) in [5.41, 5.74) is -1.05. The largest absolute Gasteiger partial charge is 0.389 e. The van der Waals surface area contributed by atoms with Gasteiger partial charge in [0, 0.05) is 11.0 Å². The van der Waals surface area contributed by atoms with Crippen molar-refractivity contribution in [3.05, 3.63) is 28.7 Å². The number of halogens is 1. The van der Waals surface area contributed by atoms with Crippen molar-refractivity contribution < 1.29 is 13.5 Å². The zero-order valence-electron chi connectivity index (χ0n) is 11.4. The number of hydrogen-bond acceptors (Lipinski definition) is 3. The molecule has 0 aromatic heterocycles. The van der Waals surface area contributed by atoms with Crippen LogP contribution in [-0.2, 0) is 10.0 Å². The van der Waals surface area contributed by atoms with E-state index >= 15 is 0 Å². The first-order valence-electron chi connectivity index (χ1n) is 6.10. The molecule has 1 aromatic rings. The Morgan fingerprint density at radius 1 is 1.42 bits per heavy atom. The fourth-order valence-corrected chi connectivity index (χ4v) is 3.68. The van der Waals surface area contributed by atoms with Gasteiger partial charge < -0.3 is 5.11 Å². The van der Waals surface area contributed by atoms with Crippen molar-refractivity contribution in [2.45, 2.75) is 37.7 Å². The van der Waals surface area contributed by atoms with Crippen LogP contribution < -0.4 is 4.72 Å². The Bertz CT molecular complexity index is 526. The molecule has 0 saturated carbocycles. The van der Waals surface area contributed by atoms with Gasteiger partial charge >= 0.3 is 0 Å². The lowest BCUT2D eigenvalue weighted by Crippen LogP contribution is -2.41. The zero-order valence-corrected chi connectivity index (χ0v) is 13.8. The van der Waals surface area contributed by atoms with E-state index < -0.39 is 15.6 Å². The molecule has 2 N–H and O–H groups in total. The molecule has 0 spiro atoms. The summed E-state index contributed by atoms with van der Waals surface area (Å²) in [5.74, 6) is 0.297. The predicted molar refractivity (Wildman–Crippen MR) is 79.4 cm³/mol. The maximum Gasteiger partial charge on any atom is 0.240 e. The molecule has 1 atom stereocenters. The van der Waals surface area contributed by atoms with Crippen molar-refractivity contribution in [2.24, 2.45) is 5.92 Å². The van der Waals surface area contributed by atoms with Gasteiger partial charge in [0.15, 0.2) is 0 Å². The number of rotatable bonds is 6. The second kappa shape index (κ2) is 6.35. The molecule has 6 heteroatoms. The lowest BCUT2D eigenvalue weighted by atomic mass is 9.95. The Kier molecular flexibility index (Phi) is 5.55. The summed E-state index contributed by atoms with van der Waals surface area (Å²) in [6.45, 7) is 5.60. The van der Waals surface area contributed by atoms with Gasteiger partial charge in [-0.15, -0.1) is 0 Å². The summed E-state index contributed by atoms with van der Waals surface area (Å²) in [6, 6.07) is 6.46. The molecular weight excluding hydrogens is 330 g/mol. The summed E-state index contributed by atoms with van der Waals surface area (Å²) in [6.07, 6.45) is 0.536. The molecule has 0 saturated heterocycles. The normalized spacial score (nSPS) is 15.5. The van der Waals surface area contributed by atoms with Gasteiger partial charge in [-0.1, -0.05) is 35.8 Å². The van der Waals surface area contributed by atoms with Gasteiger partial charge in [-0.05, 0) is 37.5 Å². The zero-order chi connectivity index (χ0) is 14.7. The maximum absolute atomic E-state index is 12.1. The van der Waals surface area contributed by atoms with Gasteiger partial charge in [0.25, 0.3) is 0 Å². The summed E-state index contributed by atoms with van der Waals surface area (Å²) in [5, 5.41) is 10.1. The van der Waals surface area contributed by atoms with Gasteiger partial charge in [0.1, 0.15) is 0 Å². The third kappa shape index (κ3) is 5.60. The molecule has 1 unspecified atom stereocenters. The summed E-state index contributed by atoms with van der Waals surface area (Å²) >= 11 is 3.24. The van der Waals surface area contributed by atoms with Gasteiger partial charge in [-0.3, -0.25) is 0 Å². The Morgan fingerprint density at radius 2 is 2.05 bits per heavy atom. The van der Waals surface area contributed by atoms with Crippen LogP contribution in [0.25, 0.3) is 0 Å². The molecule has 1 rings (SSSR count). The van der Waals surface area contributed by atoms with Crippen LogP contribution in [0, 0.1) is 5.92 Å². The number of nitrogens with one attached hydrogen (secondary N) is 1. The first kappa shape index (κ1) is 16.6. The molecule has 0 bridgehead atoms. The molecule has 0 aliphatic heterocycles. The highest BCUT2D eigenvalue weighted by atomic mass is 79.9. The van der Waals surface area contributed by atoms with E-state index in [1.165, 1.54) is 12.1 Å². The van der Waals surface area contributed by atoms with Gasteiger partial charge in [0.05, 0.1) is 10.5 Å². The van der Waals surface area contributed by atoms with E-state index in [9.17, 15) is 13.5 Å². The van der Waals surface area contributed by atoms with E-state index in [4.69, 9.17) is 0 Å². The highest BCUT2D eigenvalue weighted by Gasteiger charge is 2.25. The highest BCUT2D eigenvalue weighted by molar-refractivity contribution is 9.10. The Hall–Kier alpha value is -0.430. The standard InChI is InChI=1S/C13H20BrNO3S/c1-10(2)8-13(3,16)9-15-19(17,18)12-6-4-5-11(14)7-12/h4-7,10,15-16H,8-9H2,1-3H3. The lowest BCUT2D eigenvalue weighted by molar-refractivity contribution is 0.0437. The van der Waals surface area contributed by atoms with Crippen LogP contribution >= 0.6 is 15.9 Å². The van der Waals surface area contributed by atoms with Crippen molar-refractivity contribution >= 4 is 26.0 Å². The van der Waals surface area contributed by atoms with Crippen LogP contribution in [0.4, 0.5) is 0 Å². The van der Waals surface area contributed by atoms with Crippen LogP contribution in [0.3, 0.4) is 0 Å². The first-order chi connectivity index (χ1) is 8.62. The van der Waals surface area contributed by atoms with Crippen LogP contribution in [0.2, 0.25) is 0 Å². The van der Waals surface area contributed by atoms with E-state index in [-0.39, 0.29) is 11.4 Å². The molecule has 0 amide bonds. The summed E-state index contributed by atoms with van der Waals surface area (Å²) in [7, 11) is -3.59. The molecule has 0 heterocycles. The van der Waals surface area contributed by atoms with Gasteiger partial charge in [-0.25, -0.2) is 13.1 Å². The molecule has 108 valence electrons. The van der Waals surface area contributed by atoms with E-state index in [0.29, 0.717) is 16.8 Å². The fourth-order valence-electron chi connectivity index (χ4n) is 1.92. The monoisotopic (exact) mass is 349 g/mol. The molecule has 0 aliphatic rings. The maximum atomic E-state index is 12.1. The SMILES string of the molecule is CC(C)CC(C)(O)CNS(=O)(=O)c1cccc(Br)c1. The van der Waals surface area contributed by atoms with Gasteiger partial charge in [-0.2, -0.15) is 0 Å². The number of sulfonamides is 1. The van der Waals surface area contributed by atoms with Crippen molar-refractivity contribution in [2.75, 3.05) is 6.54 Å². The topological polar surface area (TPSA) is 66.4 Å². The molecule has 19 heavy (non-hydrogen) atoms. The Labute approximate surface area is 123 Å². The van der Waals surface area contributed by atoms with Crippen LogP contribution in [0.15, 0.2) is 33.6 Å².